The van der Waals surface area contributed by atoms with Crippen molar-refractivity contribution >= 4 is 48.7 Å². The standard InChI is InChI=1S/C13H15BrN2O2S2/c1-7-4-5-10(15)9(3)12(7)16-20(17,18)11-6-8(2)13(14)19-11/h4-6,16H,15H2,1-3H3. The van der Waals surface area contributed by atoms with E-state index < -0.39 is 10.0 Å². The Labute approximate surface area is 131 Å². The van der Waals surface area contributed by atoms with Crippen LogP contribution in [0.1, 0.15) is 16.7 Å². The third-order valence-electron chi connectivity index (χ3n) is 3.05. The molecule has 0 saturated heterocycles. The highest BCUT2D eigenvalue weighted by Crippen LogP contribution is 2.33. The van der Waals surface area contributed by atoms with Gasteiger partial charge in [-0.15, -0.1) is 11.3 Å². The fourth-order valence-corrected chi connectivity index (χ4v) is 5.19. The Morgan fingerprint density at radius 2 is 1.85 bits per heavy atom. The number of benzene rings is 1. The predicted molar refractivity (Wildman–Crippen MR) is 87.9 cm³/mol. The smallest absolute Gasteiger partial charge is 0.271 e. The Hall–Kier alpha value is -1.05. The first-order chi connectivity index (χ1) is 9.22. The monoisotopic (exact) mass is 374 g/mol. The molecule has 1 heterocycles. The average Bonchev–Trinajstić information content (AvgIpc) is 2.71. The summed E-state index contributed by atoms with van der Waals surface area (Å²) in [6.07, 6.45) is 0. The number of thiophene rings is 1. The molecule has 0 saturated carbocycles. The molecule has 108 valence electrons. The summed E-state index contributed by atoms with van der Waals surface area (Å²) in [4.78, 5) is 0. The van der Waals surface area contributed by atoms with E-state index in [2.05, 4.69) is 20.7 Å². The minimum absolute atomic E-state index is 0.281. The van der Waals surface area contributed by atoms with Crippen molar-refractivity contribution in [2.45, 2.75) is 25.0 Å². The van der Waals surface area contributed by atoms with Gasteiger partial charge in [-0.3, -0.25) is 4.72 Å². The first-order valence-electron chi connectivity index (χ1n) is 5.87. The van der Waals surface area contributed by atoms with Crippen LogP contribution in [0.2, 0.25) is 0 Å². The molecular weight excluding hydrogens is 360 g/mol. The zero-order chi connectivity index (χ0) is 15.1. The summed E-state index contributed by atoms with van der Waals surface area (Å²) in [5, 5.41) is 0. The first kappa shape index (κ1) is 15.3. The van der Waals surface area contributed by atoms with Crippen molar-refractivity contribution in [3.8, 4) is 0 Å². The van der Waals surface area contributed by atoms with Gasteiger partial charge in [0, 0.05) is 5.69 Å². The molecule has 0 spiro atoms. The molecule has 0 fully saturated rings. The van der Waals surface area contributed by atoms with Crippen LogP contribution in [0, 0.1) is 20.8 Å². The van der Waals surface area contributed by atoms with Gasteiger partial charge in [-0.25, -0.2) is 8.42 Å². The molecule has 2 aromatic rings. The number of anilines is 2. The van der Waals surface area contributed by atoms with E-state index in [0.29, 0.717) is 11.4 Å². The molecule has 0 aliphatic rings. The highest BCUT2D eigenvalue weighted by atomic mass is 79.9. The molecule has 3 N–H and O–H groups in total. The normalized spacial score (nSPS) is 11.6. The molecule has 2 rings (SSSR count). The van der Waals surface area contributed by atoms with Gasteiger partial charge in [0.15, 0.2) is 0 Å². The Morgan fingerprint density at radius 3 is 2.40 bits per heavy atom. The van der Waals surface area contributed by atoms with Crippen molar-refractivity contribution in [2.75, 3.05) is 10.5 Å². The van der Waals surface area contributed by atoms with Gasteiger partial charge < -0.3 is 5.73 Å². The molecular formula is C13H15BrN2O2S2. The maximum atomic E-state index is 12.4. The number of hydrogen-bond donors (Lipinski definition) is 2. The van der Waals surface area contributed by atoms with Gasteiger partial charge in [0.05, 0.1) is 9.47 Å². The van der Waals surface area contributed by atoms with E-state index in [0.717, 1.165) is 20.5 Å². The SMILES string of the molecule is Cc1cc(S(=O)(=O)Nc2c(C)ccc(N)c2C)sc1Br. The van der Waals surface area contributed by atoms with Crippen LogP contribution in [0.15, 0.2) is 26.2 Å². The Kier molecular flexibility index (Phi) is 4.13. The summed E-state index contributed by atoms with van der Waals surface area (Å²) in [5.74, 6) is 0. The minimum atomic E-state index is -3.59. The number of aryl methyl sites for hydroxylation is 2. The second kappa shape index (κ2) is 5.38. The van der Waals surface area contributed by atoms with E-state index in [1.165, 1.54) is 11.3 Å². The molecule has 0 atom stereocenters. The van der Waals surface area contributed by atoms with Gasteiger partial charge in [-0.05, 0) is 65.5 Å². The number of halogens is 1. The molecule has 1 aromatic carbocycles. The highest BCUT2D eigenvalue weighted by molar-refractivity contribution is 9.11. The molecule has 20 heavy (non-hydrogen) atoms. The van der Waals surface area contributed by atoms with Crippen molar-refractivity contribution in [3.63, 3.8) is 0 Å². The number of nitrogens with one attached hydrogen (secondary N) is 1. The maximum absolute atomic E-state index is 12.4. The van der Waals surface area contributed by atoms with E-state index in [1.807, 2.05) is 13.8 Å². The third kappa shape index (κ3) is 2.84. The molecule has 4 nitrogen and oxygen atoms in total. The van der Waals surface area contributed by atoms with Crippen LogP contribution in [0.5, 0.6) is 0 Å². The zero-order valence-corrected chi connectivity index (χ0v) is 14.5. The van der Waals surface area contributed by atoms with Gasteiger partial charge in [-0.2, -0.15) is 0 Å². The van der Waals surface area contributed by atoms with Crippen molar-refractivity contribution in [2.24, 2.45) is 0 Å². The van der Waals surface area contributed by atoms with E-state index in [9.17, 15) is 8.42 Å². The average molecular weight is 375 g/mol. The van der Waals surface area contributed by atoms with Crippen LogP contribution in [0.3, 0.4) is 0 Å². The van der Waals surface area contributed by atoms with Crippen LogP contribution < -0.4 is 10.5 Å². The van der Waals surface area contributed by atoms with Gasteiger partial charge in [0.2, 0.25) is 0 Å². The summed E-state index contributed by atoms with van der Waals surface area (Å²) >= 11 is 4.53. The van der Waals surface area contributed by atoms with Crippen molar-refractivity contribution < 1.29 is 8.42 Å². The molecule has 0 bridgehead atoms. The van der Waals surface area contributed by atoms with Crippen LogP contribution in [-0.2, 0) is 10.0 Å². The van der Waals surface area contributed by atoms with Crippen molar-refractivity contribution in [1.29, 1.82) is 0 Å². The number of nitrogen functional groups attached to an aromatic ring is 1. The van der Waals surface area contributed by atoms with Gasteiger partial charge in [-0.1, -0.05) is 6.07 Å². The van der Waals surface area contributed by atoms with Crippen LogP contribution in [-0.4, -0.2) is 8.42 Å². The fourth-order valence-electron chi connectivity index (χ4n) is 1.77. The van der Waals surface area contributed by atoms with Crippen LogP contribution in [0.4, 0.5) is 11.4 Å². The van der Waals surface area contributed by atoms with E-state index in [-0.39, 0.29) is 4.21 Å². The van der Waals surface area contributed by atoms with E-state index in [4.69, 9.17) is 5.73 Å². The molecule has 0 aliphatic carbocycles. The second-order valence-electron chi connectivity index (χ2n) is 4.60. The lowest BCUT2D eigenvalue weighted by molar-refractivity contribution is 0.603. The number of sulfonamides is 1. The highest BCUT2D eigenvalue weighted by Gasteiger charge is 2.20. The topological polar surface area (TPSA) is 72.2 Å². The fraction of sp³-hybridized carbons (Fsp3) is 0.231. The lowest BCUT2D eigenvalue weighted by Crippen LogP contribution is -2.14. The van der Waals surface area contributed by atoms with Crippen molar-refractivity contribution in [3.05, 3.63) is 38.7 Å². The predicted octanol–water partition coefficient (Wildman–Crippen LogP) is 3.82. The van der Waals surface area contributed by atoms with Crippen LogP contribution >= 0.6 is 27.3 Å². The summed E-state index contributed by atoms with van der Waals surface area (Å²) in [5.41, 5.74) is 9.43. The zero-order valence-electron chi connectivity index (χ0n) is 11.3. The molecule has 1 aromatic heterocycles. The second-order valence-corrected chi connectivity index (χ2v) is 8.88. The van der Waals surface area contributed by atoms with E-state index >= 15 is 0 Å². The first-order valence-corrected chi connectivity index (χ1v) is 8.96. The number of hydrogen-bond acceptors (Lipinski definition) is 4. The van der Waals surface area contributed by atoms with Gasteiger partial charge in [0.25, 0.3) is 10.0 Å². The number of nitrogens with two attached hydrogens (primary N) is 1. The largest absolute Gasteiger partial charge is 0.398 e. The molecule has 0 radical (unpaired) electrons. The van der Waals surface area contributed by atoms with Gasteiger partial charge in [0.1, 0.15) is 4.21 Å². The minimum Gasteiger partial charge on any atom is -0.398 e. The van der Waals surface area contributed by atoms with Gasteiger partial charge >= 0.3 is 0 Å². The Bertz CT molecular complexity index is 747. The summed E-state index contributed by atoms with van der Waals surface area (Å²) in [7, 11) is -3.59. The Morgan fingerprint density at radius 1 is 1.20 bits per heavy atom. The lowest BCUT2D eigenvalue weighted by atomic mass is 10.1. The summed E-state index contributed by atoms with van der Waals surface area (Å²) in [6.45, 7) is 5.51. The summed E-state index contributed by atoms with van der Waals surface area (Å²) in [6, 6.07) is 5.22. The summed E-state index contributed by atoms with van der Waals surface area (Å²) < 4.78 is 28.6. The molecule has 0 amide bonds. The van der Waals surface area contributed by atoms with Crippen molar-refractivity contribution in [1.82, 2.24) is 0 Å². The maximum Gasteiger partial charge on any atom is 0.271 e. The molecule has 0 aliphatic heterocycles. The number of rotatable bonds is 3. The molecule has 7 heteroatoms. The third-order valence-corrected chi connectivity index (χ3v) is 7.01. The quantitative estimate of drug-likeness (QED) is 0.802. The van der Waals surface area contributed by atoms with Crippen LogP contribution in [0.25, 0.3) is 0 Å². The lowest BCUT2D eigenvalue weighted by Gasteiger charge is -2.14. The molecule has 0 unspecified atom stereocenters. The van der Waals surface area contributed by atoms with E-state index in [1.54, 1.807) is 25.1 Å². The Balaban J connectivity index is 2.46.